The highest BCUT2D eigenvalue weighted by Crippen LogP contribution is 2.36. The minimum absolute atomic E-state index is 0.0239. The zero-order valence-corrected chi connectivity index (χ0v) is 24.4. The number of aromatic hydroxyl groups is 1. The molecule has 0 radical (unpaired) electrons. The van der Waals surface area contributed by atoms with Gasteiger partial charge in [0.2, 0.25) is 5.88 Å². The SMILES string of the molecule is COCCN1CCC(C(=O)NO)(S(=O)(=O)c2ccc(OCCCn3c(O)cn(-c4ccc(OC)cc4)c3=O)cc2)CC1. The van der Waals surface area contributed by atoms with E-state index in [1.807, 2.05) is 4.90 Å². The number of rotatable bonds is 13. The molecule has 0 spiro atoms. The molecule has 1 aliphatic rings. The first-order valence-corrected chi connectivity index (χ1v) is 14.9. The van der Waals surface area contributed by atoms with Crippen molar-refractivity contribution in [3.63, 3.8) is 0 Å². The molecule has 0 atom stereocenters. The van der Waals surface area contributed by atoms with Gasteiger partial charge in [0.05, 0.1) is 37.1 Å². The number of benzene rings is 2. The number of methoxy groups -OCH3 is 2. The molecule has 1 amide bonds. The predicted molar refractivity (Wildman–Crippen MR) is 152 cm³/mol. The van der Waals surface area contributed by atoms with Crippen LogP contribution >= 0.6 is 0 Å². The molecule has 1 aliphatic heterocycles. The molecule has 1 saturated heterocycles. The van der Waals surface area contributed by atoms with Crippen molar-refractivity contribution in [2.45, 2.75) is 35.4 Å². The summed E-state index contributed by atoms with van der Waals surface area (Å²) in [6.45, 7) is 2.21. The number of nitrogens with zero attached hydrogens (tertiary/aromatic N) is 3. The zero-order valence-electron chi connectivity index (χ0n) is 23.6. The summed E-state index contributed by atoms with van der Waals surface area (Å²) in [5.41, 5.74) is 1.73. The topological polar surface area (TPSA) is 162 Å². The Labute approximate surface area is 243 Å². The lowest BCUT2D eigenvalue weighted by atomic mass is 9.95. The number of carbonyl (C=O) groups is 1. The van der Waals surface area contributed by atoms with E-state index in [2.05, 4.69) is 0 Å². The monoisotopic (exact) mass is 604 g/mol. The van der Waals surface area contributed by atoms with Crippen LogP contribution in [0.2, 0.25) is 0 Å². The van der Waals surface area contributed by atoms with Crippen molar-refractivity contribution in [1.82, 2.24) is 19.5 Å². The third kappa shape index (κ3) is 6.31. The first-order chi connectivity index (χ1) is 20.2. The van der Waals surface area contributed by atoms with Gasteiger partial charge in [-0.3, -0.25) is 19.1 Å². The largest absolute Gasteiger partial charge is 0.497 e. The molecule has 2 aromatic carbocycles. The molecule has 3 aromatic rings. The van der Waals surface area contributed by atoms with Crippen molar-refractivity contribution in [3.05, 3.63) is 65.2 Å². The molecule has 1 fully saturated rings. The average Bonchev–Trinajstić information content (AvgIpc) is 3.30. The van der Waals surface area contributed by atoms with Crippen LogP contribution in [0, 0.1) is 0 Å². The number of nitrogens with one attached hydrogen (secondary N) is 1. The normalized spacial score (nSPS) is 15.3. The van der Waals surface area contributed by atoms with Crippen LogP contribution in [0.15, 0.2) is 64.4 Å². The standard InChI is InChI=1S/C28H36N4O9S/c1-39-19-17-30-15-12-28(13-16-30,26(34)29-36)42(37,38)24-10-8-23(9-11-24)41-18-3-14-31-25(33)20-32(27(31)35)21-4-6-22(40-2)7-5-21/h4-11,20,33,36H,3,12-19H2,1-2H3,(H,29,34). The highest BCUT2D eigenvalue weighted by molar-refractivity contribution is 7.93. The zero-order chi connectivity index (χ0) is 30.3. The Morgan fingerprint density at radius 2 is 1.62 bits per heavy atom. The molecule has 13 nitrogen and oxygen atoms in total. The molecule has 14 heteroatoms. The number of hydrogen-bond acceptors (Lipinski definition) is 10. The summed E-state index contributed by atoms with van der Waals surface area (Å²) in [5.74, 6) is -0.0897. The number of piperidine rings is 1. The summed E-state index contributed by atoms with van der Waals surface area (Å²) >= 11 is 0. The molecule has 0 aliphatic carbocycles. The lowest BCUT2D eigenvalue weighted by molar-refractivity contribution is -0.133. The van der Waals surface area contributed by atoms with Crippen molar-refractivity contribution in [1.29, 1.82) is 0 Å². The highest BCUT2D eigenvalue weighted by Gasteiger charge is 2.52. The molecule has 228 valence electrons. The van der Waals surface area contributed by atoms with E-state index in [4.69, 9.17) is 14.2 Å². The number of imidazole rings is 1. The number of sulfone groups is 1. The van der Waals surface area contributed by atoms with Crippen LogP contribution < -0.4 is 20.6 Å². The van der Waals surface area contributed by atoms with Crippen molar-refractivity contribution < 1.29 is 37.7 Å². The molecule has 0 unspecified atom stereocenters. The molecule has 0 bridgehead atoms. The second-order valence-electron chi connectivity index (χ2n) is 9.94. The quantitative estimate of drug-likeness (QED) is 0.148. The summed E-state index contributed by atoms with van der Waals surface area (Å²) in [4.78, 5) is 27.5. The van der Waals surface area contributed by atoms with Gasteiger partial charge < -0.3 is 24.2 Å². The first-order valence-electron chi connectivity index (χ1n) is 13.5. The molecule has 3 N–H and O–H groups in total. The van der Waals surface area contributed by atoms with E-state index in [0.29, 0.717) is 49.8 Å². The number of aromatic nitrogens is 2. The maximum atomic E-state index is 13.6. The fraction of sp³-hybridized carbons (Fsp3) is 0.429. The summed E-state index contributed by atoms with van der Waals surface area (Å²) in [6.07, 6.45) is 1.78. The third-order valence-corrected chi connectivity index (χ3v) is 10.1. The number of hydrogen-bond donors (Lipinski definition) is 3. The van der Waals surface area contributed by atoms with E-state index in [0.717, 1.165) is 0 Å². The minimum Gasteiger partial charge on any atom is -0.497 e. The lowest BCUT2D eigenvalue weighted by Gasteiger charge is -2.39. The molecule has 1 aromatic heterocycles. The highest BCUT2D eigenvalue weighted by atomic mass is 32.2. The number of amides is 1. The van der Waals surface area contributed by atoms with E-state index in [9.17, 15) is 28.3 Å². The second-order valence-corrected chi connectivity index (χ2v) is 12.2. The molecule has 2 heterocycles. The van der Waals surface area contributed by atoms with Crippen LogP contribution in [0.25, 0.3) is 5.69 Å². The van der Waals surface area contributed by atoms with Crippen molar-refractivity contribution in [2.24, 2.45) is 0 Å². The smallest absolute Gasteiger partial charge is 0.335 e. The van der Waals surface area contributed by atoms with Gasteiger partial charge in [-0.2, -0.15) is 0 Å². The average molecular weight is 605 g/mol. The van der Waals surface area contributed by atoms with Gasteiger partial charge in [-0.1, -0.05) is 0 Å². The Balaban J connectivity index is 1.37. The van der Waals surface area contributed by atoms with Gasteiger partial charge >= 0.3 is 5.69 Å². The summed E-state index contributed by atoms with van der Waals surface area (Å²) in [5, 5.41) is 19.7. The van der Waals surface area contributed by atoms with Crippen molar-refractivity contribution >= 4 is 15.7 Å². The van der Waals surface area contributed by atoms with E-state index < -0.39 is 26.2 Å². The Morgan fingerprint density at radius 3 is 2.21 bits per heavy atom. The number of carbonyl (C=O) groups excluding carboxylic acids is 1. The minimum atomic E-state index is -4.15. The lowest BCUT2D eigenvalue weighted by Crippen LogP contribution is -2.57. The summed E-state index contributed by atoms with van der Waals surface area (Å²) < 4.78 is 44.0. The Hall–Kier alpha value is -3.85. The van der Waals surface area contributed by atoms with Crippen LogP contribution in [-0.4, -0.2) is 90.5 Å². The van der Waals surface area contributed by atoms with Crippen LogP contribution in [0.3, 0.4) is 0 Å². The molecule has 4 rings (SSSR count). The Morgan fingerprint density at radius 1 is 0.976 bits per heavy atom. The van der Waals surface area contributed by atoms with E-state index in [1.165, 1.54) is 39.6 Å². The molecule has 0 saturated carbocycles. The first kappa shape index (κ1) is 31.1. The van der Waals surface area contributed by atoms with Gasteiger partial charge in [-0.05, 0) is 67.8 Å². The summed E-state index contributed by atoms with van der Waals surface area (Å²) in [6, 6.07) is 12.6. The fourth-order valence-electron chi connectivity index (χ4n) is 5.04. The predicted octanol–water partition coefficient (Wildman–Crippen LogP) is 1.58. The number of ether oxygens (including phenoxy) is 3. The Bertz CT molecular complexity index is 1510. The molecular formula is C28H36N4O9S. The molecular weight excluding hydrogens is 568 g/mol. The molecule has 42 heavy (non-hydrogen) atoms. The summed E-state index contributed by atoms with van der Waals surface area (Å²) in [7, 11) is -1.02. The van der Waals surface area contributed by atoms with Crippen LogP contribution in [0.1, 0.15) is 19.3 Å². The van der Waals surface area contributed by atoms with Gasteiger partial charge in [0.25, 0.3) is 5.91 Å². The maximum Gasteiger partial charge on any atom is 0.335 e. The second kappa shape index (κ2) is 13.4. The van der Waals surface area contributed by atoms with Crippen LogP contribution in [0.5, 0.6) is 17.4 Å². The van der Waals surface area contributed by atoms with E-state index in [-0.39, 0.29) is 36.8 Å². The van der Waals surface area contributed by atoms with Gasteiger partial charge in [-0.25, -0.2) is 18.7 Å². The third-order valence-electron chi connectivity index (χ3n) is 7.54. The van der Waals surface area contributed by atoms with Gasteiger partial charge in [0.1, 0.15) is 11.5 Å². The van der Waals surface area contributed by atoms with E-state index >= 15 is 0 Å². The maximum absolute atomic E-state index is 13.6. The van der Waals surface area contributed by atoms with Gasteiger partial charge in [0.15, 0.2) is 14.6 Å². The van der Waals surface area contributed by atoms with Crippen LogP contribution in [0.4, 0.5) is 0 Å². The van der Waals surface area contributed by atoms with Crippen molar-refractivity contribution in [2.75, 3.05) is 47.1 Å². The number of likely N-dealkylation sites (tertiary alicyclic amines) is 1. The number of hydroxylamine groups is 1. The Kier molecular flexibility index (Phi) is 9.93. The fourth-order valence-corrected chi connectivity index (χ4v) is 6.99. The van der Waals surface area contributed by atoms with Crippen LogP contribution in [-0.2, 0) is 25.9 Å². The van der Waals surface area contributed by atoms with E-state index in [1.54, 1.807) is 44.0 Å². The van der Waals surface area contributed by atoms with Gasteiger partial charge in [0, 0.05) is 33.3 Å². The van der Waals surface area contributed by atoms with Gasteiger partial charge in [-0.15, -0.1) is 0 Å². The van der Waals surface area contributed by atoms with Crippen molar-refractivity contribution in [3.8, 4) is 23.1 Å².